The van der Waals surface area contributed by atoms with Crippen LogP contribution in [0.3, 0.4) is 0 Å². The Morgan fingerprint density at radius 3 is 2.40 bits per heavy atom. The molecule has 0 saturated carbocycles. The number of benzene rings is 2. The summed E-state index contributed by atoms with van der Waals surface area (Å²) in [6, 6.07) is 6.45. The number of hydrogen-bond acceptors (Lipinski definition) is 4. The quantitative estimate of drug-likeness (QED) is 0.643. The van der Waals surface area contributed by atoms with Crippen LogP contribution in [0.2, 0.25) is 0 Å². The van der Waals surface area contributed by atoms with Gasteiger partial charge >= 0.3 is 12.3 Å². The van der Waals surface area contributed by atoms with Crippen molar-refractivity contribution in [3.8, 4) is 11.5 Å². The summed E-state index contributed by atoms with van der Waals surface area (Å²) in [5.74, 6) is -0.810. The Bertz CT molecular complexity index is 974. The van der Waals surface area contributed by atoms with Gasteiger partial charge in [-0.1, -0.05) is 13.0 Å². The number of cyclic esters (lactones) is 1. The van der Waals surface area contributed by atoms with Crippen molar-refractivity contribution in [3.63, 3.8) is 0 Å². The molecular weight excluding hydrogens is 413 g/mol. The van der Waals surface area contributed by atoms with E-state index in [0.717, 1.165) is 6.07 Å². The number of nitrogens with one attached hydrogen (secondary N) is 1. The van der Waals surface area contributed by atoms with Gasteiger partial charge in [0.15, 0.2) is 6.10 Å². The molecule has 1 saturated heterocycles. The standard InChI is InChI=1S/C20H16F5NO4/c1-2-10-7-13(5-3-11(10)8-16-18(27)26-19(28)30-16)29-15-6-4-12(20(23,24)25)9-14(15)17(21)22/h3-7,9,16-17H,2,8H2,1H3,(H,26,27,28). The Balaban J connectivity index is 1.85. The summed E-state index contributed by atoms with van der Waals surface area (Å²) in [7, 11) is 0. The molecule has 2 amide bonds. The van der Waals surface area contributed by atoms with Crippen molar-refractivity contribution < 1.29 is 41.0 Å². The zero-order valence-electron chi connectivity index (χ0n) is 15.6. The largest absolute Gasteiger partial charge is 0.457 e. The molecule has 1 unspecified atom stereocenters. The summed E-state index contributed by atoms with van der Waals surface area (Å²) in [6.45, 7) is 1.81. The summed E-state index contributed by atoms with van der Waals surface area (Å²) in [6.07, 6.45) is -9.12. The number of alkyl halides is 5. The SMILES string of the molecule is CCc1cc(Oc2ccc(C(F)(F)F)cc2C(F)F)ccc1CC1OC(=O)NC1=O. The number of imide groups is 1. The van der Waals surface area contributed by atoms with Crippen LogP contribution >= 0.6 is 0 Å². The zero-order valence-corrected chi connectivity index (χ0v) is 15.6. The van der Waals surface area contributed by atoms with Crippen LogP contribution in [0.25, 0.3) is 0 Å². The van der Waals surface area contributed by atoms with Crippen molar-refractivity contribution in [1.29, 1.82) is 0 Å². The van der Waals surface area contributed by atoms with Crippen molar-refractivity contribution in [1.82, 2.24) is 5.32 Å². The molecule has 1 aliphatic rings. The van der Waals surface area contributed by atoms with E-state index in [1.165, 1.54) is 12.1 Å². The lowest BCUT2D eigenvalue weighted by atomic mass is 9.99. The highest BCUT2D eigenvalue weighted by Crippen LogP contribution is 2.38. The lowest BCUT2D eigenvalue weighted by molar-refractivity contribution is -0.137. The number of alkyl carbamates (subject to hydrolysis) is 1. The summed E-state index contributed by atoms with van der Waals surface area (Å²) in [5.41, 5.74) is -0.685. The molecule has 2 aromatic rings. The molecule has 0 spiro atoms. The zero-order chi connectivity index (χ0) is 22.1. The topological polar surface area (TPSA) is 64.6 Å². The minimum absolute atomic E-state index is 0.115. The Hall–Kier alpha value is -3.17. The van der Waals surface area contributed by atoms with E-state index in [4.69, 9.17) is 9.47 Å². The van der Waals surface area contributed by atoms with Crippen molar-refractivity contribution in [2.75, 3.05) is 0 Å². The third-order valence-electron chi connectivity index (χ3n) is 4.53. The van der Waals surface area contributed by atoms with Gasteiger partial charge in [-0.2, -0.15) is 13.2 Å². The van der Waals surface area contributed by atoms with E-state index in [1.54, 1.807) is 6.07 Å². The van der Waals surface area contributed by atoms with Gasteiger partial charge in [-0.15, -0.1) is 0 Å². The van der Waals surface area contributed by atoms with Gasteiger partial charge in [0.05, 0.1) is 11.1 Å². The maximum absolute atomic E-state index is 13.3. The fourth-order valence-corrected chi connectivity index (χ4v) is 3.04. The number of rotatable bonds is 6. The fourth-order valence-electron chi connectivity index (χ4n) is 3.04. The molecule has 0 bridgehead atoms. The molecule has 0 radical (unpaired) electrons. The van der Waals surface area contributed by atoms with Gasteiger partial charge < -0.3 is 9.47 Å². The first-order chi connectivity index (χ1) is 14.1. The minimum atomic E-state index is -4.75. The van der Waals surface area contributed by atoms with Gasteiger partial charge in [-0.3, -0.25) is 10.1 Å². The molecule has 1 fully saturated rings. The predicted molar refractivity (Wildman–Crippen MR) is 94.4 cm³/mol. The van der Waals surface area contributed by atoms with Gasteiger partial charge in [-0.05, 0) is 47.9 Å². The van der Waals surface area contributed by atoms with E-state index in [-0.39, 0.29) is 12.2 Å². The van der Waals surface area contributed by atoms with E-state index < -0.39 is 47.6 Å². The molecule has 1 atom stereocenters. The summed E-state index contributed by atoms with van der Waals surface area (Å²) >= 11 is 0. The molecule has 0 aliphatic carbocycles. The Labute approximate surface area is 167 Å². The van der Waals surface area contributed by atoms with E-state index in [9.17, 15) is 31.5 Å². The second-order valence-electron chi connectivity index (χ2n) is 6.52. The lowest BCUT2D eigenvalue weighted by Crippen LogP contribution is -2.26. The highest BCUT2D eigenvalue weighted by atomic mass is 19.4. The number of carbonyl (C=O) groups is 2. The Morgan fingerprint density at radius 1 is 1.10 bits per heavy atom. The maximum Gasteiger partial charge on any atom is 0.416 e. The molecule has 1 N–H and O–H groups in total. The Morgan fingerprint density at radius 2 is 1.83 bits per heavy atom. The molecular formula is C20H16F5NO4. The van der Waals surface area contributed by atoms with Gasteiger partial charge in [0, 0.05) is 6.42 Å². The molecule has 160 valence electrons. The normalized spacial score (nSPS) is 16.6. The van der Waals surface area contributed by atoms with Crippen LogP contribution < -0.4 is 10.1 Å². The van der Waals surface area contributed by atoms with Gasteiger partial charge in [0.1, 0.15) is 11.5 Å². The van der Waals surface area contributed by atoms with Crippen LogP contribution in [0.15, 0.2) is 36.4 Å². The average Bonchev–Trinajstić information content (AvgIpc) is 2.99. The molecule has 3 rings (SSSR count). The molecule has 5 nitrogen and oxygen atoms in total. The highest BCUT2D eigenvalue weighted by molar-refractivity contribution is 6.00. The van der Waals surface area contributed by atoms with Crippen molar-refractivity contribution in [2.45, 2.75) is 38.5 Å². The van der Waals surface area contributed by atoms with E-state index in [1.807, 2.05) is 12.2 Å². The number of carbonyl (C=O) groups excluding carboxylic acids is 2. The van der Waals surface area contributed by atoms with Crippen LogP contribution in [0.1, 0.15) is 35.6 Å². The molecule has 2 aromatic carbocycles. The highest BCUT2D eigenvalue weighted by Gasteiger charge is 2.33. The second kappa shape index (κ2) is 8.29. The number of hydrogen-bond donors (Lipinski definition) is 1. The summed E-state index contributed by atoms with van der Waals surface area (Å²) in [5, 5.41) is 2.02. The summed E-state index contributed by atoms with van der Waals surface area (Å²) < 4.78 is 75.3. The third-order valence-corrected chi connectivity index (χ3v) is 4.53. The number of aryl methyl sites for hydroxylation is 1. The van der Waals surface area contributed by atoms with E-state index in [0.29, 0.717) is 29.7 Å². The first-order valence-electron chi connectivity index (χ1n) is 8.89. The average molecular weight is 429 g/mol. The number of ether oxygens (including phenoxy) is 2. The maximum atomic E-state index is 13.3. The van der Waals surface area contributed by atoms with Gasteiger partial charge in [0.25, 0.3) is 12.3 Å². The smallest absolute Gasteiger partial charge is 0.416 e. The number of amides is 2. The van der Waals surface area contributed by atoms with Gasteiger partial charge in [0.2, 0.25) is 0 Å². The molecule has 10 heteroatoms. The lowest BCUT2D eigenvalue weighted by Gasteiger charge is -2.16. The van der Waals surface area contributed by atoms with E-state index >= 15 is 0 Å². The van der Waals surface area contributed by atoms with E-state index in [2.05, 4.69) is 0 Å². The predicted octanol–water partition coefficient (Wildman–Crippen LogP) is 5.18. The molecule has 0 aromatic heterocycles. The first-order valence-corrected chi connectivity index (χ1v) is 8.89. The van der Waals surface area contributed by atoms with Crippen LogP contribution in [-0.2, 0) is 28.5 Å². The van der Waals surface area contributed by atoms with Crippen molar-refractivity contribution in [2.24, 2.45) is 0 Å². The second-order valence-corrected chi connectivity index (χ2v) is 6.52. The molecule has 1 heterocycles. The van der Waals surface area contributed by atoms with Crippen molar-refractivity contribution >= 4 is 12.0 Å². The van der Waals surface area contributed by atoms with Crippen LogP contribution in [0.4, 0.5) is 26.7 Å². The minimum Gasteiger partial charge on any atom is -0.457 e. The van der Waals surface area contributed by atoms with Crippen molar-refractivity contribution in [3.05, 3.63) is 58.7 Å². The molecule has 30 heavy (non-hydrogen) atoms. The van der Waals surface area contributed by atoms with Crippen LogP contribution in [0.5, 0.6) is 11.5 Å². The fraction of sp³-hybridized carbons (Fsp3) is 0.300. The summed E-state index contributed by atoms with van der Waals surface area (Å²) in [4.78, 5) is 22.8. The molecule has 1 aliphatic heterocycles. The third kappa shape index (κ3) is 4.69. The number of halogens is 5. The Kier molecular flexibility index (Phi) is 5.95. The first kappa shape index (κ1) is 21.5. The van der Waals surface area contributed by atoms with Crippen LogP contribution in [-0.4, -0.2) is 18.1 Å². The van der Waals surface area contributed by atoms with Gasteiger partial charge in [-0.25, -0.2) is 13.6 Å². The monoisotopic (exact) mass is 429 g/mol. The van der Waals surface area contributed by atoms with Crippen LogP contribution in [0, 0.1) is 0 Å².